The summed E-state index contributed by atoms with van der Waals surface area (Å²) in [5.41, 5.74) is 7.49. The lowest BCUT2D eigenvalue weighted by atomic mass is 10.2. The summed E-state index contributed by atoms with van der Waals surface area (Å²) >= 11 is 0. The van der Waals surface area contributed by atoms with E-state index in [-0.39, 0.29) is 0 Å². The Morgan fingerprint density at radius 3 is 2.60 bits per heavy atom. The molecule has 0 fully saturated rings. The number of hydrogen-bond donors (Lipinski definition) is 1. The molecule has 2 aromatic rings. The molecule has 1 heterocycles. The third-order valence-electron chi connectivity index (χ3n) is 2.85. The molecule has 0 unspecified atom stereocenters. The molecule has 20 heavy (non-hydrogen) atoms. The van der Waals surface area contributed by atoms with Gasteiger partial charge in [-0.25, -0.2) is 4.98 Å². The molecule has 106 valence electrons. The zero-order chi connectivity index (χ0) is 14.4. The van der Waals surface area contributed by atoms with Gasteiger partial charge in [-0.1, -0.05) is 0 Å². The van der Waals surface area contributed by atoms with Crippen molar-refractivity contribution in [3.8, 4) is 17.4 Å². The smallest absolute Gasteiger partial charge is 0.219 e. The molecule has 0 radical (unpaired) electrons. The van der Waals surface area contributed by atoms with Crippen molar-refractivity contribution in [1.82, 2.24) is 4.98 Å². The minimum Gasteiger partial charge on any atom is -0.497 e. The van der Waals surface area contributed by atoms with E-state index in [1.54, 1.807) is 20.4 Å². The number of nitrogens with zero attached hydrogens (tertiary/aromatic N) is 1. The van der Waals surface area contributed by atoms with Crippen LogP contribution in [-0.4, -0.2) is 19.2 Å². The van der Waals surface area contributed by atoms with Crippen LogP contribution < -0.4 is 19.9 Å². The van der Waals surface area contributed by atoms with Gasteiger partial charge >= 0.3 is 0 Å². The average Bonchev–Trinajstić information content (AvgIpc) is 2.52. The quantitative estimate of drug-likeness (QED) is 0.874. The van der Waals surface area contributed by atoms with Crippen molar-refractivity contribution in [2.75, 3.05) is 14.2 Å². The Morgan fingerprint density at radius 1 is 1.10 bits per heavy atom. The number of hydrogen-bond acceptors (Lipinski definition) is 5. The van der Waals surface area contributed by atoms with Gasteiger partial charge in [0, 0.05) is 18.8 Å². The first-order valence-electron chi connectivity index (χ1n) is 6.25. The van der Waals surface area contributed by atoms with Crippen molar-refractivity contribution in [3.05, 3.63) is 47.7 Å². The van der Waals surface area contributed by atoms with Crippen LogP contribution in [0.15, 0.2) is 36.5 Å². The van der Waals surface area contributed by atoms with Gasteiger partial charge in [-0.15, -0.1) is 0 Å². The molecule has 0 saturated carbocycles. The largest absolute Gasteiger partial charge is 0.497 e. The van der Waals surface area contributed by atoms with Crippen molar-refractivity contribution < 1.29 is 14.2 Å². The summed E-state index contributed by atoms with van der Waals surface area (Å²) in [4.78, 5) is 4.13. The van der Waals surface area contributed by atoms with Gasteiger partial charge in [0.1, 0.15) is 18.1 Å². The highest BCUT2D eigenvalue weighted by Crippen LogP contribution is 2.24. The second kappa shape index (κ2) is 6.77. The van der Waals surface area contributed by atoms with E-state index in [1.807, 2.05) is 30.3 Å². The zero-order valence-electron chi connectivity index (χ0n) is 11.6. The van der Waals surface area contributed by atoms with E-state index >= 15 is 0 Å². The van der Waals surface area contributed by atoms with E-state index in [9.17, 15) is 0 Å². The van der Waals surface area contributed by atoms with Crippen LogP contribution in [0.25, 0.3) is 0 Å². The Balaban J connectivity index is 2.14. The molecule has 0 atom stereocenters. The fourth-order valence-corrected chi connectivity index (χ4v) is 1.83. The lowest BCUT2D eigenvalue weighted by molar-refractivity contribution is 0.291. The number of ether oxygens (including phenoxy) is 3. The summed E-state index contributed by atoms with van der Waals surface area (Å²) in [5.74, 6) is 1.99. The first-order chi connectivity index (χ1) is 9.76. The molecule has 2 rings (SSSR count). The molecule has 1 aromatic carbocycles. The van der Waals surface area contributed by atoms with Crippen LogP contribution in [-0.2, 0) is 13.2 Å². The molecule has 1 aromatic heterocycles. The summed E-state index contributed by atoms with van der Waals surface area (Å²) in [7, 11) is 3.20. The third-order valence-corrected chi connectivity index (χ3v) is 2.85. The van der Waals surface area contributed by atoms with E-state index in [1.165, 1.54) is 0 Å². The van der Waals surface area contributed by atoms with Gasteiger partial charge in [0.2, 0.25) is 5.88 Å². The maximum absolute atomic E-state index is 5.76. The second-order valence-corrected chi connectivity index (χ2v) is 4.18. The van der Waals surface area contributed by atoms with Crippen LogP contribution in [0.1, 0.15) is 11.1 Å². The zero-order valence-corrected chi connectivity index (χ0v) is 11.6. The summed E-state index contributed by atoms with van der Waals surface area (Å²) in [6.45, 7) is 0.804. The van der Waals surface area contributed by atoms with Crippen molar-refractivity contribution in [3.63, 3.8) is 0 Å². The first kappa shape index (κ1) is 14.1. The predicted molar refractivity (Wildman–Crippen MR) is 76.0 cm³/mol. The molecule has 5 nitrogen and oxygen atoms in total. The normalized spacial score (nSPS) is 10.2. The highest BCUT2D eigenvalue weighted by atomic mass is 16.5. The van der Waals surface area contributed by atoms with Crippen LogP contribution in [0.2, 0.25) is 0 Å². The molecule has 2 N–H and O–H groups in total. The monoisotopic (exact) mass is 274 g/mol. The van der Waals surface area contributed by atoms with Gasteiger partial charge in [-0.3, -0.25) is 0 Å². The molecule has 5 heteroatoms. The number of aromatic nitrogens is 1. The Hall–Kier alpha value is -2.27. The number of methoxy groups -OCH3 is 2. The highest BCUT2D eigenvalue weighted by Gasteiger charge is 2.06. The van der Waals surface area contributed by atoms with Gasteiger partial charge in [-0.05, 0) is 29.8 Å². The van der Waals surface area contributed by atoms with Gasteiger partial charge in [-0.2, -0.15) is 0 Å². The standard InChI is InChI=1S/C15H18N2O3/c1-18-13-6-11(9-16)7-14(8-13)20-10-12-4-3-5-17-15(12)19-2/h3-8H,9-10,16H2,1-2H3. The third kappa shape index (κ3) is 3.39. The van der Waals surface area contributed by atoms with Crippen molar-refractivity contribution >= 4 is 0 Å². The number of nitrogens with two attached hydrogens (primary N) is 1. The molecule has 0 amide bonds. The lowest BCUT2D eigenvalue weighted by Gasteiger charge is -2.11. The van der Waals surface area contributed by atoms with E-state index in [0.29, 0.717) is 24.8 Å². The summed E-state index contributed by atoms with van der Waals surface area (Å²) < 4.78 is 16.2. The molecule has 0 saturated heterocycles. The predicted octanol–water partition coefficient (Wildman–Crippen LogP) is 2.14. The van der Waals surface area contributed by atoms with Crippen LogP contribution in [0.4, 0.5) is 0 Å². The molecular formula is C15H18N2O3. The fraction of sp³-hybridized carbons (Fsp3) is 0.267. The SMILES string of the molecule is COc1cc(CN)cc(OCc2cccnc2OC)c1. The van der Waals surface area contributed by atoms with Crippen LogP contribution >= 0.6 is 0 Å². The van der Waals surface area contributed by atoms with E-state index in [4.69, 9.17) is 19.9 Å². The molecule has 0 bridgehead atoms. The van der Waals surface area contributed by atoms with Crippen LogP contribution in [0, 0.1) is 0 Å². The van der Waals surface area contributed by atoms with E-state index in [2.05, 4.69) is 4.98 Å². The first-order valence-corrected chi connectivity index (χ1v) is 6.25. The van der Waals surface area contributed by atoms with Gasteiger partial charge < -0.3 is 19.9 Å². The average molecular weight is 274 g/mol. The maximum atomic E-state index is 5.76. The minimum atomic E-state index is 0.369. The topological polar surface area (TPSA) is 66.6 Å². The van der Waals surface area contributed by atoms with Crippen LogP contribution in [0.3, 0.4) is 0 Å². The Bertz CT molecular complexity index is 551. The Labute approximate surface area is 118 Å². The highest BCUT2D eigenvalue weighted by molar-refractivity contribution is 5.38. The maximum Gasteiger partial charge on any atom is 0.219 e. The van der Waals surface area contributed by atoms with Gasteiger partial charge in [0.05, 0.1) is 19.8 Å². The van der Waals surface area contributed by atoms with E-state index in [0.717, 1.165) is 16.9 Å². The molecule has 0 spiro atoms. The van der Waals surface area contributed by atoms with E-state index < -0.39 is 0 Å². The lowest BCUT2D eigenvalue weighted by Crippen LogP contribution is -2.02. The van der Waals surface area contributed by atoms with Crippen molar-refractivity contribution in [2.24, 2.45) is 5.73 Å². The number of rotatable bonds is 6. The number of pyridine rings is 1. The van der Waals surface area contributed by atoms with Gasteiger partial charge in [0.15, 0.2) is 0 Å². The summed E-state index contributed by atoms with van der Waals surface area (Å²) in [6.07, 6.45) is 1.68. The Kier molecular flexibility index (Phi) is 4.79. The summed E-state index contributed by atoms with van der Waals surface area (Å²) in [5, 5.41) is 0. The molecule has 0 aliphatic rings. The summed E-state index contributed by atoms with van der Waals surface area (Å²) in [6, 6.07) is 9.36. The Morgan fingerprint density at radius 2 is 1.90 bits per heavy atom. The number of benzene rings is 1. The second-order valence-electron chi connectivity index (χ2n) is 4.18. The minimum absolute atomic E-state index is 0.369. The van der Waals surface area contributed by atoms with Crippen molar-refractivity contribution in [2.45, 2.75) is 13.2 Å². The molecule has 0 aliphatic carbocycles. The molecular weight excluding hydrogens is 256 g/mol. The van der Waals surface area contributed by atoms with Crippen LogP contribution in [0.5, 0.6) is 17.4 Å². The van der Waals surface area contributed by atoms with Crippen molar-refractivity contribution in [1.29, 1.82) is 0 Å². The molecule has 0 aliphatic heterocycles. The van der Waals surface area contributed by atoms with Gasteiger partial charge in [0.25, 0.3) is 0 Å². The fourth-order valence-electron chi connectivity index (χ4n) is 1.83.